The molecule has 1 aromatic heterocycles. The summed E-state index contributed by atoms with van der Waals surface area (Å²) in [5, 5.41) is 7.41. The number of halogens is 1. The highest BCUT2D eigenvalue weighted by atomic mass is 35.5. The number of carbonyl (C=O) groups excluding carboxylic acids is 2. The Morgan fingerprint density at radius 3 is 2.52 bits per heavy atom. The van der Waals surface area contributed by atoms with Crippen molar-refractivity contribution < 1.29 is 14.3 Å². The molecular weight excluding hydrogens is 366 g/mol. The van der Waals surface area contributed by atoms with Gasteiger partial charge in [0.15, 0.2) is 5.78 Å². The molecule has 138 valence electrons. The van der Waals surface area contributed by atoms with Crippen LogP contribution >= 0.6 is 11.6 Å². The second-order valence-corrected chi connectivity index (χ2v) is 6.16. The van der Waals surface area contributed by atoms with Crippen molar-refractivity contribution in [3.05, 3.63) is 82.6 Å². The molecular formula is C20H18ClN3O3. The van der Waals surface area contributed by atoms with Crippen LogP contribution in [0.15, 0.2) is 60.9 Å². The lowest BCUT2D eigenvalue weighted by Crippen LogP contribution is -2.16. The standard InChI is InChI=1S/C20H18ClN3O3/c1-2-27-13-24-12-16(11-22-24)23-20(26)18-6-4-3-5-17(18)19(25)14-7-9-15(21)10-8-14/h3-12H,2,13H2,1H3,(H,23,26). The van der Waals surface area contributed by atoms with Crippen molar-refractivity contribution in [2.24, 2.45) is 0 Å². The predicted molar refractivity (Wildman–Crippen MR) is 103 cm³/mol. The van der Waals surface area contributed by atoms with E-state index in [4.69, 9.17) is 16.3 Å². The summed E-state index contributed by atoms with van der Waals surface area (Å²) in [6.07, 6.45) is 3.19. The van der Waals surface area contributed by atoms with Gasteiger partial charge in [-0.2, -0.15) is 5.10 Å². The zero-order chi connectivity index (χ0) is 19.2. The number of carbonyl (C=O) groups is 2. The van der Waals surface area contributed by atoms with E-state index in [-0.39, 0.29) is 17.3 Å². The molecule has 6 nitrogen and oxygen atoms in total. The van der Waals surface area contributed by atoms with Crippen LogP contribution in [0.2, 0.25) is 5.02 Å². The fourth-order valence-corrected chi connectivity index (χ4v) is 2.64. The third kappa shape index (κ3) is 4.61. The molecule has 0 bridgehead atoms. The van der Waals surface area contributed by atoms with Crippen molar-refractivity contribution in [1.29, 1.82) is 0 Å². The molecule has 0 aliphatic carbocycles. The van der Waals surface area contributed by atoms with Gasteiger partial charge in [0.25, 0.3) is 5.91 Å². The fourth-order valence-electron chi connectivity index (χ4n) is 2.52. The van der Waals surface area contributed by atoms with Gasteiger partial charge in [0.2, 0.25) is 0 Å². The number of ketones is 1. The first kappa shape index (κ1) is 18.8. The van der Waals surface area contributed by atoms with Crippen LogP contribution in [-0.4, -0.2) is 28.1 Å². The average molecular weight is 384 g/mol. The summed E-state index contributed by atoms with van der Waals surface area (Å²) in [7, 11) is 0. The molecule has 0 unspecified atom stereocenters. The first-order valence-corrected chi connectivity index (χ1v) is 8.77. The number of anilines is 1. The maximum atomic E-state index is 12.8. The topological polar surface area (TPSA) is 73.2 Å². The van der Waals surface area contributed by atoms with Gasteiger partial charge in [-0.15, -0.1) is 0 Å². The summed E-state index contributed by atoms with van der Waals surface area (Å²) in [4.78, 5) is 25.5. The Hall–Kier alpha value is -2.96. The van der Waals surface area contributed by atoms with Gasteiger partial charge in [0, 0.05) is 22.8 Å². The molecule has 3 rings (SSSR count). The highest BCUT2D eigenvalue weighted by Gasteiger charge is 2.18. The number of benzene rings is 2. The number of aromatic nitrogens is 2. The van der Waals surface area contributed by atoms with E-state index in [0.717, 1.165) is 0 Å². The summed E-state index contributed by atoms with van der Waals surface area (Å²) >= 11 is 5.88. The molecule has 0 saturated carbocycles. The predicted octanol–water partition coefficient (Wildman–Crippen LogP) is 4.01. The number of hydrogen-bond acceptors (Lipinski definition) is 4. The molecule has 0 fully saturated rings. The number of ether oxygens (including phenoxy) is 1. The van der Waals surface area contributed by atoms with Crippen LogP contribution in [0.3, 0.4) is 0 Å². The minimum Gasteiger partial charge on any atom is -0.360 e. The quantitative estimate of drug-likeness (QED) is 0.625. The lowest BCUT2D eigenvalue weighted by atomic mass is 9.98. The lowest BCUT2D eigenvalue weighted by molar-refractivity contribution is 0.0792. The Morgan fingerprint density at radius 1 is 1.11 bits per heavy atom. The van der Waals surface area contributed by atoms with Crippen molar-refractivity contribution >= 4 is 29.0 Å². The first-order valence-electron chi connectivity index (χ1n) is 8.39. The molecule has 7 heteroatoms. The maximum Gasteiger partial charge on any atom is 0.256 e. The largest absolute Gasteiger partial charge is 0.360 e. The molecule has 27 heavy (non-hydrogen) atoms. The molecule has 1 N–H and O–H groups in total. The Labute approximate surface area is 161 Å². The monoisotopic (exact) mass is 383 g/mol. The van der Waals surface area contributed by atoms with Gasteiger partial charge in [0.1, 0.15) is 6.73 Å². The molecule has 0 radical (unpaired) electrons. The normalized spacial score (nSPS) is 10.6. The Morgan fingerprint density at radius 2 is 1.81 bits per heavy atom. The van der Waals surface area contributed by atoms with Crippen LogP contribution in [0.1, 0.15) is 33.2 Å². The molecule has 0 aliphatic heterocycles. The molecule has 0 atom stereocenters. The van der Waals surface area contributed by atoms with E-state index in [1.165, 1.54) is 6.20 Å². The number of nitrogens with zero attached hydrogens (tertiary/aromatic N) is 2. The number of amides is 1. The van der Waals surface area contributed by atoms with Gasteiger partial charge >= 0.3 is 0 Å². The Balaban J connectivity index is 1.80. The van der Waals surface area contributed by atoms with Gasteiger partial charge < -0.3 is 10.1 Å². The zero-order valence-electron chi connectivity index (χ0n) is 14.7. The number of nitrogens with one attached hydrogen (secondary N) is 1. The van der Waals surface area contributed by atoms with Crippen molar-refractivity contribution in [3.8, 4) is 0 Å². The SMILES string of the molecule is CCOCn1cc(NC(=O)c2ccccc2C(=O)c2ccc(Cl)cc2)cn1. The smallest absolute Gasteiger partial charge is 0.256 e. The number of hydrogen-bond donors (Lipinski definition) is 1. The Kier molecular flexibility index (Phi) is 6.01. The average Bonchev–Trinajstić information content (AvgIpc) is 3.13. The Bertz CT molecular complexity index is 951. The van der Waals surface area contributed by atoms with Gasteiger partial charge in [-0.1, -0.05) is 29.8 Å². The zero-order valence-corrected chi connectivity index (χ0v) is 15.4. The molecule has 1 amide bonds. The van der Waals surface area contributed by atoms with E-state index < -0.39 is 0 Å². The highest BCUT2D eigenvalue weighted by Crippen LogP contribution is 2.18. The second kappa shape index (κ2) is 8.62. The molecule has 0 spiro atoms. The molecule has 1 heterocycles. The third-order valence-electron chi connectivity index (χ3n) is 3.84. The van der Waals surface area contributed by atoms with E-state index >= 15 is 0 Å². The van der Waals surface area contributed by atoms with Crippen molar-refractivity contribution in [2.75, 3.05) is 11.9 Å². The van der Waals surface area contributed by atoms with Crippen LogP contribution in [0, 0.1) is 0 Å². The van der Waals surface area contributed by atoms with E-state index in [1.807, 2.05) is 6.92 Å². The van der Waals surface area contributed by atoms with E-state index in [0.29, 0.717) is 35.2 Å². The van der Waals surface area contributed by atoms with Crippen LogP contribution in [0.25, 0.3) is 0 Å². The van der Waals surface area contributed by atoms with Gasteiger partial charge in [-0.05, 0) is 37.3 Å². The second-order valence-electron chi connectivity index (χ2n) is 5.73. The summed E-state index contributed by atoms with van der Waals surface area (Å²) in [6.45, 7) is 2.76. The highest BCUT2D eigenvalue weighted by molar-refractivity contribution is 6.30. The van der Waals surface area contributed by atoms with Gasteiger partial charge in [0.05, 0.1) is 23.6 Å². The molecule has 0 aliphatic rings. The summed E-state index contributed by atoms with van der Waals surface area (Å²) in [6, 6.07) is 13.2. The summed E-state index contributed by atoms with van der Waals surface area (Å²) in [5.74, 6) is -0.631. The van der Waals surface area contributed by atoms with E-state index in [1.54, 1.807) is 59.4 Å². The third-order valence-corrected chi connectivity index (χ3v) is 4.09. The van der Waals surface area contributed by atoms with Crippen molar-refractivity contribution in [3.63, 3.8) is 0 Å². The minimum absolute atomic E-state index is 0.246. The fraction of sp³-hybridized carbons (Fsp3) is 0.150. The molecule has 3 aromatic rings. The van der Waals surface area contributed by atoms with Crippen molar-refractivity contribution in [2.45, 2.75) is 13.7 Å². The maximum absolute atomic E-state index is 12.8. The van der Waals surface area contributed by atoms with Crippen LogP contribution in [0.4, 0.5) is 5.69 Å². The van der Waals surface area contributed by atoms with Crippen molar-refractivity contribution in [1.82, 2.24) is 9.78 Å². The first-order chi connectivity index (χ1) is 13.1. The van der Waals surface area contributed by atoms with E-state index in [2.05, 4.69) is 10.4 Å². The minimum atomic E-state index is -0.385. The van der Waals surface area contributed by atoms with Crippen LogP contribution in [0.5, 0.6) is 0 Å². The number of rotatable bonds is 7. The summed E-state index contributed by atoms with van der Waals surface area (Å²) < 4.78 is 6.84. The van der Waals surface area contributed by atoms with Gasteiger partial charge in [-0.3, -0.25) is 9.59 Å². The van der Waals surface area contributed by atoms with Gasteiger partial charge in [-0.25, -0.2) is 4.68 Å². The molecule has 2 aromatic carbocycles. The lowest BCUT2D eigenvalue weighted by Gasteiger charge is -2.09. The van der Waals surface area contributed by atoms with Crippen LogP contribution in [-0.2, 0) is 11.5 Å². The molecule has 0 saturated heterocycles. The van der Waals surface area contributed by atoms with Crippen LogP contribution < -0.4 is 5.32 Å². The van der Waals surface area contributed by atoms with E-state index in [9.17, 15) is 9.59 Å². The summed E-state index contributed by atoms with van der Waals surface area (Å²) in [5.41, 5.74) is 1.59.